The standard InChI is InChI=1S/C27H23ClN4O3/c1-31-16-29-15-24(31)27(34,18-7-9-20(28)10-8-18)19-12-23-22(17-5-4-6-21(11-17)35-3)13-25(33)32(2)26(23)30-14-19/h4-16,34H,1-3H3. The van der Waals surface area contributed by atoms with E-state index in [1.807, 2.05) is 37.4 Å². The van der Waals surface area contributed by atoms with Crippen molar-refractivity contribution in [1.82, 2.24) is 19.1 Å². The maximum Gasteiger partial charge on any atom is 0.252 e. The number of imidazole rings is 1. The Morgan fingerprint density at radius 1 is 1.00 bits per heavy atom. The first kappa shape index (κ1) is 22.8. The lowest BCUT2D eigenvalue weighted by Gasteiger charge is -2.30. The topological polar surface area (TPSA) is 82.2 Å². The molecule has 1 atom stereocenters. The molecule has 7 nitrogen and oxygen atoms in total. The molecule has 5 aromatic rings. The molecule has 0 amide bonds. The highest BCUT2D eigenvalue weighted by Crippen LogP contribution is 2.39. The molecule has 0 radical (unpaired) electrons. The number of fused-ring (bicyclic) bond motifs is 1. The predicted molar refractivity (Wildman–Crippen MR) is 136 cm³/mol. The van der Waals surface area contributed by atoms with Crippen LogP contribution in [0.25, 0.3) is 22.2 Å². The monoisotopic (exact) mass is 486 g/mol. The van der Waals surface area contributed by atoms with Crippen molar-refractivity contribution < 1.29 is 9.84 Å². The van der Waals surface area contributed by atoms with E-state index in [-0.39, 0.29) is 5.56 Å². The molecule has 1 N–H and O–H groups in total. The van der Waals surface area contributed by atoms with Gasteiger partial charge in [-0.15, -0.1) is 0 Å². The van der Waals surface area contributed by atoms with Crippen LogP contribution in [-0.4, -0.2) is 31.3 Å². The fourth-order valence-electron chi connectivity index (χ4n) is 4.41. The fourth-order valence-corrected chi connectivity index (χ4v) is 4.54. The lowest BCUT2D eigenvalue weighted by atomic mass is 9.83. The molecule has 0 spiro atoms. The molecule has 0 saturated carbocycles. The van der Waals surface area contributed by atoms with Crippen molar-refractivity contribution in [3.63, 3.8) is 0 Å². The second kappa shape index (κ2) is 8.69. The van der Waals surface area contributed by atoms with Crippen molar-refractivity contribution in [3.8, 4) is 16.9 Å². The molecular formula is C27H23ClN4O3. The maximum atomic E-state index is 12.8. The SMILES string of the molecule is COc1cccc(-c2cc(=O)n(C)c3ncc(C(O)(c4ccc(Cl)cc4)c4cncn4C)cc23)c1. The number of hydrogen-bond donors (Lipinski definition) is 1. The molecule has 2 aromatic carbocycles. The van der Waals surface area contributed by atoms with E-state index in [1.165, 1.54) is 4.57 Å². The molecule has 0 fully saturated rings. The molecule has 1 unspecified atom stereocenters. The van der Waals surface area contributed by atoms with Crippen molar-refractivity contribution in [2.75, 3.05) is 7.11 Å². The number of methoxy groups -OCH3 is 1. The Morgan fingerprint density at radius 2 is 1.77 bits per heavy atom. The first-order valence-corrected chi connectivity index (χ1v) is 11.3. The number of pyridine rings is 2. The van der Waals surface area contributed by atoms with E-state index in [0.717, 1.165) is 5.56 Å². The zero-order valence-electron chi connectivity index (χ0n) is 19.4. The Morgan fingerprint density at radius 3 is 2.46 bits per heavy atom. The lowest BCUT2D eigenvalue weighted by molar-refractivity contribution is 0.117. The molecule has 0 bridgehead atoms. The third-order valence-electron chi connectivity index (χ3n) is 6.32. The van der Waals surface area contributed by atoms with Crippen LogP contribution in [0.3, 0.4) is 0 Å². The Labute approximate surface area is 206 Å². The first-order chi connectivity index (χ1) is 16.8. The number of aryl methyl sites for hydroxylation is 2. The predicted octanol–water partition coefficient (Wildman–Crippen LogP) is 4.28. The normalized spacial score (nSPS) is 13.1. The van der Waals surface area contributed by atoms with Crippen molar-refractivity contribution in [3.05, 3.63) is 112 Å². The van der Waals surface area contributed by atoms with Gasteiger partial charge in [0.25, 0.3) is 5.56 Å². The van der Waals surface area contributed by atoms with Crippen molar-refractivity contribution in [2.45, 2.75) is 5.60 Å². The van der Waals surface area contributed by atoms with Gasteiger partial charge in [-0.25, -0.2) is 9.97 Å². The molecule has 0 aliphatic carbocycles. The fraction of sp³-hybridized carbons (Fsp3) is 0.148. The summed E-state index contributed by atoms with van der Waals surface area (Å²) in [4.78, 5) is 21.6. The van der Waals surface area contributed by atoms with Gasteiger partial charge in [0.15, 0.2) is 5.60 Å². The molecule has 3 aromatic heterocycles. The number of aliphatic hydroxyl groups is 1. The summed E-state index contributed by atoms with van der Waals surface area (Å²) in [6, 6.07) is 18.0. The minimum absolute atomic E-state index is 0.185. The largest absolute Gasteiger partial charge is 0.497 e. The van der Waals surface area contributed by atoms with E-state index < -0.39 is 5.60 Å². The van der Waals surface area contributed by atoms with Gasteiger partial charge in [0.1, 0.15) is 11.4 Å². The summed E-state index contributed by atoms with van der Waals surface area (Å²) in [5, 5.41) is 13.6. The summed E-state index contributed by atoms with van der Waals surface area (Å²) in [5.41, 5.74) is 1.95. The number of nitrogens with zero attached hydrogens (tertiary/aromatic N) is 4. The lowest BCUT2D eigenvalue weighted by Crippen LogP contribution is -2.31. The average Bonchev–Trinajstić information content (AvgIpc) is 3.32. The van der Waals surface area contributed by atoms with E-state index in [4.69, 9.17) is 16.3 Å². The van der Waals surface area contributed by atoms with E-state index in [0.29, 0.717) is 44.2 Å². The molecule has 0 aliphatic heterocycles. The van der Waals surface area contributed by atoms with E-state index >= 15 is 0 Å². The third kappa shape index (κ3) is 3.79. The van der Waals surface area contributed by atoms with Crippen molar-refractivity contribution in [1.29, 1.82) is 0 Å². The number of hydrogen-bond acceptors (Lipinski definition) is 5. The minimum Gasteiger partial charge on any atom is -0.497 e. The second-order valence-corrected chi connectivity index (χ2v) is 8.83. The summed E-state index contributed by atoms with van der Waals surface area (Å²) in [6.07, 6.45) is 4.86. The highest BCUT2D eigenvalue weighted by atomic mass is 35.5. The summed E-state index contributed by atoms with van der Waals surface area (Å²) in [5.74, 6) is 0.674. The Balaban J connectivity index is 1.83. The van der Waals surface area contributed by atoms with E-state index in [1.54, 1.807) is 67.8 Å². The Kier molecular flexibility index (Phi) is 5.67. The number of benzene rings is 2. The van der Waals surface area contributed by atoms with Gasteiger partial charge in [-0.05, 0) is 47.0 Å². The third-order valence-corrected chi connectivity index (χ3v) is 6.57. The van der Waals surface area contributed by atoms with Crippen LogP contribution < -0.4 is 10.3 Å². The summed E-state index contributed by atoms with van der Waals surface area (Å²) >= 11 is 6.13. The number of aromatic nitrogens is 4. The number of halogens is 1. The van der Waals surface area contributed by atoms with Gasteiger partial charge >= 0.3 is 0 Å². The molecule has 0 saturated heterocycles. The van der Waals surface area contributed by atoms with Gasteiger partial charge in [0.2, 0.25) is 0 Å². The van der Waals surface area contributed by atoms with E-state index in [2.05, 4.69) is 9.97 Å². The van der Waals surface area contributed by atoms with Crippen LogP contribution in [0.1, 0.15) is 16.8 Å². The van der Waals surface area contributed by atoms with Crippen LogP contribution in [0.4, 0.5) is 0 Å². The molecule has 0 aliphatic rings. The van der Waals surface area contributed by atoms with Gasteiger partial charge in [-0.1, -0.05) is 35.9 Å². The Bertz CT molecular complexity index is 1610. The molecular weight excluding hydrogens is 464 g/mol. The number of rotatable bonds is 5. The molecule has 3 heterocycles. The Hall–Kier alpha value is -3.94. The van der Waals surface area contributed by atoms with Gasteiger partial charge in [0.05, 0.1) is 25.3 Å². The van der Waals surface area contributed by atoms with Crippen LogP contribution in [0.15, 0.2) is 84.2 Å². The van der Waals surface area contributed by atoms with Crippen molar-refractivity contribution >= 4 is 22.6 Å². The van der Waals surface area contributed by atoms with Crippen LogP contribution in [0, 0.1) is 0 Å². The summed E-state index contributed by atoms with van der Waals surface area (Å²) in [6.45, 7) is 0. The average molecular weight is 487 g/mol. The second-order valence-electron chi connectivity index (χ2n) is 8.39. The van der Waals surface area contributed by atoms with Gasteiger partial charge in [0, 0.05) is 42.3 Å². The zero-order chi connectivity index (χ0) is 24.7. The quantitative estimate of drug-likeness (QED) is 0.401. The van der Waals surface area contributed by atoms with Gasteiger partial charge < -0.3 is 14.4 Å². The first-order valence-electron chi connectivity index (χ1n) is 10.9. The maximum absolute atomic E-state index is 12.8. The smallest absolute Gasteiger partial charge is 0.252 e. The highest BCUT2D eigenvalue weighted by Gasteiger charge is 2.37. The molecule has 8 heteroatoms. The van der Waals surface area contributed by atoms with Crippen molar-refractivity contribution in [2.24, 2.45) is 14.1 Å². The molecule has 5 rings (SSSR count). The van der Waals surface area contributed by atoms with Crippen LogP contribution >= 0.6 is 11.6 Å². The van der Waals surface area contributed by atoms with Crippen LogP contribution in [0.5, 0.6) is 5.75 Å². The van der Waals surface area contributed by atoms with Crippen LogP contribution in [-0.2, 0) is 19.7 Å². The molecule has 35 heavy (non-hydrogen) atoms. The summed E-state index contributed by atoms with van der Waals surface area (Å²) in [7, 11) is 5.10. The van der Waals surface area contributed by atoms with Crippen LogP contribution in [0.2, 0.25) is 5.02 Å². The molecule has 176 valence electrons. The minimum atomic E-state index is -1.57. The highest BCUT2D eigenvalue weighted by molar-refractivity contribution is 6.30. The number of ether oxygens (including phenoxy) is 1. The van der Waals surface area contributed by atoms with Gasteiger partial charge in [-0.3, -0.25) is 9.36 Å². The summed E-state index contributed by atoms with van der Waals surface area (Å²) < 4.78 is 8.65. The zero-order valence-corrected chi connectivity index (χ0v) is 20.2. The van der Waals surface area contributed by atoms with Gasteiger partial charge in [-0.2, -0.15) is 0 Å². The van der Waals surface area contributed by atoms with E-state index in [9.17, 15) is 9.90 Å².